The Morgan fingerprint density at radius 2 is 1.16 bits per heavy atom. The van der Waals surface area contributed by atoms with Crippen LogP contribution in [0.1, 0.15) is 0 Å². The predicted molar refractivity (Wildman–Crippen MR) is 185 cm³/mol. The van der Waals surface area contributed by atoms with Crippen LogP contribution in [0.4, 0.5) is 0 Å². The van der Waals surface area contributed by atoms with Gasteiger partial charge in [0.25, 0.3) is 0 Å². The first-order valence-corrected chi connectivity index (χ1v) is 15.5. The summed E-state index contributed by atoms with van der Waals surface area (Å²) in [6, 6.07) is 47.4. The number of nitrogens with zero attached hydrogens (tertiary/aromatic N) is 4. The van der Waals surface area contributed by atoms with Crippen LogP contribution in [-0.4, -0.2) is 19.7 Å². The number of rotatable bonds is 2. The molecule has 0 radical (unpaired) electrons. The Balaban J connectivity index is 1.26. The van der Waals surface area contributed by atoms with Crippen LogP contribution >= 0.6 is 11.3 Å². The minimum absolute atomic E-state index is 0.621. The van der Waals surface area contributed by atoms with E-state index in [4.69, 9.17) is 15.2 Å². The van der Waals surface area contributed by atoms with Crippen molar-refractivity contribution >= 4 is 85.9 Å². The van der Waals surface area contributed by atoms with Gasteiger partial charge in [-0.1, -0.05) is 91.0 Å². The summed E-state index contributed by atoms with van der Waals surface area (Å²) >= 11 is 1.84. The molecule has 0 spiro atoms. The molecule has 5 heteroatoms. The Labute approximate surface area is 255 Å². The molecule has 3 heterocycles. The molecule has 4 nitrogen and oxygen atoms in total. The zero-order valence-electron chi connectivity index (χ0n) is 23.4. The van der Waals surface area contributed by atoms with Crippen molar-refractivity contribution in [3.05, 3.63) is 133 Å². The van der Waals surface area contributed by atoms with E-state index in [1.54, 1.807) is 0 Å². The van der Waals surface area contributed by atoms with Gasteiger partial charge in [-0.25, -0.2) is 4.98 Å². The lowest BCUT2D eigenvalue weighted by atomic mass is 9.98. The second-order valence-electron chi connectivity index (χ2n) is 11.3. The third-order valence-corrected chi connectivity index (χ3v) is 10.0. The normalized spacial score (nSPS) is 12.1. The zero-order valence-corrected chi connectivity index (χ0v) is 24.2. The fourth-order valence-electron chi connectivity index (χ4n) is 6.90. The monoisotopic (exact) mass is 578 g/mol. The molecule has 0 unspecified atom stereocenters. The van der Waals surface area contributed by atoms with Gasteiger partial charge in [0, 0.05) is 53.0 Å². The highest BCUT2D eigenvalue weighted by Gasteiger charge is 2.18. The second-order valence-corrected chi connectivity index (χ2v) is 12.4. The lowest BCUT2D eigenvalue weighted by molar-refractivity contribution is 1.04. The van der Waals surface area contributed by atoms with Gasteiger partial charge in [-0.15, -0.1) is 21.5 Å². The first kappa shape index (κ1) is 23.9. The summed E-state index contributed by atoms with van der Waals surface area (Å²) in [7, 11) is 0. The third kappa shape index (κ3) is 3.30. The number of benzene rings is 7. The first-order valence-electron chi connectivity index (χ1n) is 14.7. The molecule has 0 saturated heterocycles. The van der Waals surface area contributed by atoms with Crippen molar-refractivity contribution in [2.75, 3.05) is 0 Å². The van der Waals surface area contributed by atoms with Crippen LogP contribution in [0.15, 0.2) is 133 Å². The first-order chi connectivity index (χ1) is 21.8. The minimum atomic E-state index is 0.621. The maximum absolute atomic E-state index is 5.24. The van der Waals surface area contributed by atoms with Gasteiger partial charge in [0.05, 0.1) is 11.0 Å². The molecule has 3 aromatic heterocycles. The molecule has 0 bridgehead atoms. The average molecular weight is 579 g/mol. The summed E-state index contributed by atoms with van der Waals surface area (Å²) in [5.41, 5.74) is 6.06. The Morgan fingerprint density at radius 1 is 0.432 bits per heavy atom. The van der Waals surface area contributed by atoms with Crippen molar-refractivity contribution in [1.82, 2.24) is 19.7 Å². The zero-order chi connectivity index (χ0) is 28.8. The van der Waals surface area contributed by atoms with Gasteiger partial charge in [0.2, 0.25) is 0 Å². The van der Waals surface area contributed by atoms with Crippen molar-refractivity contribution in [3.63, 3.8) is 0 Å². The van der Waals surface area contributed by atoms with Crippen LogP contribution in [0.2, 0.25) is 0 Å². The van der Waals surface area contributed by atoms with E-state index in [2.05, 4.69) is 138 Å². The molecular weight excluding hydrogens is 557 g/mol. The van der Waals surface area contributed by atoms with Gasteiger partial charge in [0.1, 0.15) is 11.0 Å². The van der Waals surface area contributed by atoms with Crippen molar-refractivity contribution < 1.29 is 0 Å². The van der Waals surface area contributed by atoms with Crippen molar-refractivity contribution in [3.8, 4) is 17.1 Å². The number of thiophene rings is 1. The van der Waals surface area contributed by atoms with Crippen LogP contribution in [0, 0.1) is 0 Å². The Bertz CT molecular complexity index is 2780. The number of hydrogen-bond acceptors (Lipinski definition) is 4. The van der Waals surface area contributed by atoms with E-state index >= 15 is 0 Å². The molecule has 0 atom stereocenters. The Hall–Kier alpha value is -5.65. The molecule has 7 aromatic carbocycles. The van der Waals surface area contributed by atoms with Gasteiger partial charge in [0.15, 0.2) is 5.82 Å². The molecule has 10 aromatic rings. The van der Waals surface area contributed by atoms with Crippen LogP contribution in [0.25, 0.3) is 91.6 Å². The Kier molecular flexibility index (Phi) is 4.84. The van der Waals surface area contributed by atoms with Crippen molar-refractivity contribution in [1.29, 1.82) is 0 Å². The molecule has 0 aliphatic rings. The summed E-state index contributed by atoms with van der Waals surface area (Å²) < 4.78 is 4.89. The molecule has 0 saturated carbocycles. The van der Waals surface area contributed by atoms with Crippen LogP contribution in [0.5, 0.6) is 0 Å². The highest BCUT2D eigenvalue weighted by atomic mass is 32.1. The van der Waals surface area contributed by atoms with Gasteiger partial charge in [-0.2, -0.15) is 0 Å². The molecular formula is C39H22N4S. The molecule has 204 valence electrons. The average Bonchev–Trinajstić information content (AvgIpc) is 3.62. The lowest BCUT2D eigenvalue weighted by Crippen LogP contribution is -1.97. The van der Waals surface area contributed by atoms with Gasteiger partial charge in [-0.05, 0) is 53.2 Å². The van der Waals surface area contributed by atoms with Crippen LogP contribution in [-0.2, 0) is 0 Å². The van der Waals surface area contributed by atoms with E-state index in [0.717, 1.165) is 38.6 Å². The van der Waals surface area contributed by atoms with E-state index in [-0.39, 0.29) is 0 Å². The highest BCUT2D eigenvalue weighted by Crippen LogP contribution is 2.41. The van der Waals surface area contributed by atoms with Crippen LogP contribution < -0.4 is 0 Å². The van der Waals surface area contributed by atoms with Gasteiger partial charge < -0.3 is 4.57 Å². The van der Waals surface area contributed by atoms with E-state index < -0.39 is 0 Å². The highest BCUT2D eigenvalue weighted by molar-refractivity contribution is 7.25. The van der Waals surface area contributed by atoms with Gasteiger partial charge >= 0.3 is 0 Å². The summed E-state index contributed by atoms with van der Waals surface area (Å²) in [6.07, 6.45) is 0. The number of fused-ring (bicyclic) bond motifs is 12. The molecule has 44 heavy (non-hydrogen) atoms. The van der Waals surface area contributed by atoms with Crippen molar-refractivity contribution in [2.45, 2.75) is 0 Å². The maximum Gasteiger partial charge on any atom is 0.182 e. The Morgan fingerprint density at radius 3 is 2.05 bits per heavy atom. The van der Waals surface area contributed by atoms with E-state index in [1.165, 1.54) is 47.2 Å². The fourth-order valence-corrected chi connectivity index (χ4v) is 8.02. The van der Waals surface area contributed by atoms with E-state index in [9.17, 15) is 0 Å². The number of para-hydroxylation sites is 2. The van der Waals surface area contributed by atoms with Gasteiger partial charge in [-0.3, -0.25) is 0 Å². The summed E-state index contributed by atoms with van der Waals surface area (Å²) in [4.78, 5) is 5.24. The maximum atomic E-state index is 5.24. The number of aromatic nitrogens is 4. The van der Waals surface area contributed by atoms with E-state index in [1.807, 2.05) is 11.3 Å². The topological polar surface area (TPSA) is 43.6 Å². The molecule has 0 aliphatic carbocycles. The summed E-state index contributed by atoms with van der Waals surface area (Å²) in [6.45, 7) is 0. The van der Waals surface area contributed by atoms with Crippen LogP contribution in [0.3, 0.4) is 0 Å². The third-order valence-electron chi connectivity index (χ3n) is 8.88. The SMILES string of the molecule is c1ccc(-n2c3ccccc3c3ccc(-c4nnc5c6cc7c(cc6c6ccccc6c5n4)sc4ccccc47)cc32)cc1. The fraction of sp³-hybridized carbons (Fsp3) is 0. The quantitative estimate of drug-likeness (QED) is 0.192. The smallest absolute Gasteiger partial charge is 0.182 e. The molecule has 0 amide bonds. The number of hydrogen-bond donors (Lipinski definition) is 0. The summed E-state index contributed by atoms with van der Waals surface area (Å²) in [5.74, 6) is 0.621. The summed E-state index contributed by atoms with van der Waals surface area (Å²) in [5, 5.41) is 19.1. The standard InChI is InChI=1S/C39H22N4S/c1-2-10-24(11-3-1)43-33-16-8-6-13-26(33)27-19-18-23(20-34(27)43)39-40-37-29-15-5-4-12-25(29)30-22-36-31(21-32(30)38(37)41-42-39)28-14-7-9-17-35(28)44-36/h1-22H. The minimum Gasteiger partial charge on any atom is -0.309 e. The predicted octanol–water partition coefficient (Wildman–Crippen LogP) is 10.5. The second kappa shape index (κ2) is 8.93. The molecule has 0 aliphatic heterocycles. The molecule has 0 fully saturated rings. The van der Waals surface area contributed by atoms with Crippen molar-refractivity contribution in [2.24, 2.45) is 0 Å². The van der Waals surface area contributed by atoms with E-state index in [0.29, 0.717) is 5.82 Å². The largest absolute Gasteiger partial charge is 0.309 e. The molecule has 0 N–H and O–H groups in total. The lowest BCUT2D eigenvalue weighted by Gasteiger charge is -2.11. The molecule has 10 rings (SSSR count).